The highest BCUT2D eigenvalue weighted by Crippen LogP contribution is 2.43. The van der Waals surface area contributed by atoms with Gasteiger partial charge in [-0.3, -0.25) is 14.5 Å². The van der Waals surface area contributed by atoms with E-state index in [1.165, 1.54) is 38.4 Å². The molecule has 1 aliphatic rings. The molecule has 1 amide bonds. The van der Waals surface area contributed by atoms with Crippen molar-refractivity contribution in [2.75, 3.05) is 45.2 Å². The first-order chi connectivity index (χ1) is 18.2. The summed E-state index contributed by atoms with van der Waals surface area (Å²) in [6.45, 7) is 0. The van der Waals surface area contributed by atoms with Crippen molar-refractivity contribution in [1.82, 2.24) is 0 Å². The van der Waals surface area contributed by atoms with Gasteiger partial charge in [-0.2, -0.15) is 0 Å². The molecule has 1 heterocycles. The van der Waals surface area contributed by atoms with Crippen LogP contribution in [0.25, 0.3) is 5.76 Å². The summed E-state index contributed by atoms with van der Waals surface area (Å²) in [6.07, 6.45) is 0. The summed E-state index contributed by atoms with van der Waals surface area (Å²) in [6, 6.07) is 17.3. The number of nitrogens with zero attached hydrogens (tertiary/aromatic N) is 2. The van der Waals surface area contributed by atoms with E-state index in [0.717, 1.165) is 5.69 Å². The van der Waals surface area contributed by atoms with E-state index in [9.17, 15) is 19.5 Å². The van der Waals surface area contributed by atoms with Crippen molar-refractivity contribution >= 4 is 34.8 Å². The third kappa shape index (κ3) is 4.66. The van der Waals surface area contributed by atoms with Gasteiger partial charge in [-0.1, -0.05) is 12.1 Å². The van der Waals surface area contributed by atoms with E-state index in [1.54, 1.807) is 30.3 Å². The van der Waals surface area contributed by atoms with E-state index in [4.69, 9.17) is 14.2 Å². The maximum atomic E-state index is 13.4. The average Bonchev–Trinajstić information content (AvgIpc) is 3.21. The molecule has 1 unspecified atom stereocenters. The highest BCUT2D eigenvalue weighted by molar-refractivity contribution is 6.51. The van der Waals surface area contributed by atoms with E-state index in [0.29, 0.717) is 28.3 Å². The van der Waals surface area contributed by atoms with E-state index < -0.39 is 23.7 Å². The lowest BCUT2D eigenvalue weighted by atomic mass is 9.94. The molecular formula is C29H28N2O7. The van der Waals surface area contributed by atoms with Crippen LogP contribution in [-0.4, -0.2) is 58.2 Å². The number of carbonyl (C=O) groups excluding carboxylic acids is 3. The maximum Gasteiger partial charge on any atom is 0.337 e. The van der Waals surface area contributed by atoms with Crippen molar-refractivity contribution < 1.29 is 33.7 Å². The number of aliphatic hydroxyl groups excluding tert-OH is 1. The van der Waals surface area contributed by atoms with Gasteiger partial charge >= 0.3 is 5.97 Å². The fourth-order valence-corrected chi connectivity index (χ4v) is 4.38. The number of methoxy groups -OCH3 is 3. The van der Waals surface area contributed by atoms with Crippen molar-refractivity contribution in [3.63, 3.8) is 0 Å². The van der Waals surface area contributed by atoms with Crippen LogP contribution < -0.4 is 19.3 Å². The molecule has 9 nitrogen and oxygen atoms in total. The Morgan fingerprint density at radius 1 is 0.842 bits per heavy atom. The molecule has 3 aromatic rings. The molecule has 0 radical (unpaired) electrons. The molecule has 0 bridgehead atoms. The van der Waals surface area contributed by atoms with E-state index in [-0.39, 0.29) is 16.9 Å². The van der Waals surface area contributed by atoms with Gasteiger partial charge < -0.3 is 24.2 Å². The number of hydrogen-bond donors (Lipinski definition) is 1. The van der Waals surface area contributed by atoms with Crippen molar-refractivity contribution in [3.8, 4) is 11.5 Å². The molecule has 1 N–H and O–H groups in total. The number of anilines is 2. The first kappa shape index (κ1) is 26.3. The van der Waals surface area contributed by atoms with Gasteiger partial charge in [-0.25, -0.2) is 4.79 Å². The van der Waals surface area contributed by atoms with Crippen LogP contribution in [0.15, 0.2) is 72.3 Å². The second kappa shape index (κ2) is 10.7. The van der Waals surface area contributed by atoms with Crippen LogP contribution in [0, 0.1) is 0 Å². The number of ketones is 1. The number of aliphatic hydroxyl groups is 1. The average molecular weight is 517 g/mol. The fraction of sp³-hybridized carbons (Fsp3) is 0.207. The number of ether oxygens (including phenoxy) is 3. The van der Waals surface area contributed by atoms with Gasteiger partial charge in [0, 0.05) is 31.0 Å². The number of hydrogen-bond acceptors (Lipinski definition) is 8. The molecular weight excluding hydrogens is 488 g/mol. The largest absolute Gasteiger partial charge is 0.507 e. The molecule has 0 aromatic heterocycles. The predicted molar refractivity (Wildman–Crippen MR) is 143 cm³/mol. The zero-order valence-corrected chi connectivity index (χ0v) is 21.7. The summed E-state index contributed by atoms with van der Waals surface area (Å²) in [7, 11) is 8.04. The molecule has 9 heteroatoms. The Kier molecular flexibility index (Phi) is 7.38. The molecule has 0 saturated carbocycles. The zero-order chi connectivity index (χ0) is 27.6. The molecule has 196 valence electrons. The topological polar surface area (TPSA) is 106 Å². The Morgan fingerprint density at radius 3 is 2.00 bits per heavy atom. The number of rotatable bonds is 7. The minimum absolute atomic E-state index is 0.0723. The molecule has 1 aliphatic heterocycles. The first-order valence-corrected chi connectivity index (χ1v) is 11.7. The number of carbonyl (C=O) groups is 3. The van der Waals surface area contributed by atoms with Crippen LogP contribution in [0.1, 0.15) is 27.5 Å². The SMILES string of the molecule is COC(=O)c1ccc(N2C(=O)C(=O)/C(=C(\O)c3ccc(OC)c(OC)c3)C2c2ccc(N(C)C)cc2)cc1. The van der Waals surface area contributed by atoms with Crippen molar-refractivity contribution in [2.24, 2.45) is 0 Å². The molecule has 1 fully saturated rings. The highest BCUT2D eigenvalue weighted by atomic mass is 16.5. The molecule has 4 rings (SSSR count). The maximum absolute atomic E-state index is 13.4. The van der Waals surface area contributed by atoms with Crippen molar-refractivity contribution in [1.29, 1.82) is 0 Å². The van der Waals surface area contributed by atoms with Crippen LogP contribution in [0.3, 0.4) is 0 Å². The van der Waals surface area contributed by atoms with Crippen molar-refractivity contribution in [2.45, 2.75) is 6.04 Å². The Morgan fingerprint density at radius 2 is 1.45 bits per heavy atom. The first-order valence-electron chi connectivity index (χ1n) is 11.7. The number of benzene rings is 3. The summed E-state index contributed by atoms with van der Waals surface area (Å²) in [4.78, 5) is 42.0. The van der Waals surface area contributed by atoms with Gasteiger partial charge in [0.2, 0.25) is 0 Å². The van der Waals surface area contributed by atoms with Crippen LogP contribution >= 0.6 is 0 Å². The standard InChI is InChI=1S/C29H28N2O7/c1-30(2)20-11-6-17(7-12-20)25-24(26(32)19-10-15-22(36-3)23(16-19)37-4)27(33)28(34)31(25)21-13-8-18(9-14-21)29(35)38-5/h6-16,25,32H,1-5H3/b26-24-. The monoisotopic (exact) mass is 516 g/mol. The number of amides is 1. The molecule has 0 aliphatic carbocycles. The van der Waals surface area contributed by atoms with Crippen LogP contribution in [0.2, 0.25) is 0 Å². The zero-order valence-electron chi connectivity index (χ0n) is 21.7. The minimum Gasteiger partial charge on any atom is -0.507 e. The van der Waals surface area contributed by atoms with Crippen LogP contribution in [0.4, 0.5) is 11.4 Å². The summed E-state index contributed by atoms with van der Waals surface area (Å²) in [5, 5.41) is 11.4. The molecule has 38 heavy (non-hydrogen) atoms. The van der Waals surface area contributed by atoms with Crippen molar-refractivity contribution in [3.05, 3.63) is 89.0 Å². The third-order valence-electron chi connectivity index (χ3n) is 6.39. The normalized spacial score (nSPS) is 16.3. The van der Waals surface area contributed by atoms with Gasteiger partial charge in [0.25, 0.3) is 11.7 Å². The van der Waals surface area contributed by atoms with Crippen LogP contribution in [-0.2, 0) is 14.3 Å². The van der Waals surface area contributed by atoms with Gasteiger partial charge in [0.05, 0.1) is 38.5 Å². The Labute approximate surface area is 220 Å². The Hall–Kier alpha value is -4.79. The molecule has 0 spiro atoms. The van der Waals surface area contributed by atoms with Gasteiger partial charge in [0.15, 0.2) is 11.5 Å². The lowest BCUT2D eigenvalue weighted by molar-refractivity contribution is -0.132. The van der Waals surface area contributed by atoms with E-state index >= 15 is 0 Å². The summed E-state index contributed by atoms with van der Waals surface area (Å²) in [5.41, 5.74) is 2.44. The molecule has 1 saturated heterocycles. The lowest BCUT2D eigenvalue weighted by Gasteiger charge is -2.26. The Bertz CT molecular complexity index is 1410. The number of esters is 1. The summed E-state index contributed by atoms with van der Waals surface area (Å²) >= 11 is 0. The smallest absolute Gasteiger partial charge is 0.337 e. The molecule has 3 aromatic carbocycles. The summed E-state index contributed by atoms with van der Waals surface area (Å²) in [5.74, 6) is -1.71. The van der Waals surface area contributed by atoms with Gasteiger partial charge in [-0.15, -0.1) is 0 Å². The quantitative estimate of drug-likeness (QED) is 0.216. The Balaban J connectivity index is 1.90. The van der Waals surface area contributed by atoms with E-state index in [1.807, 2.05) is 43.3 Å². The second-order valence-corrected chi connectivity index (χ2v) is 8.76. The highest BCUT2D eigenvalue weighted by Gasteiger charge is 2.47. The fourth-order valence-electron chi connectivity index (χ4n) is 4.38. The minimum atomic E-state index is -0.928. The molecule has 1 atom stereocenters. The third-order valence-corrected chi connectivity index (χ3v) is 6.39. The predicted octanol–water partition coefficient (Wildman–Crippen LogP) is 4.18. The second-order valence-electron chi connectivity index (χ2n) is 8.76. The summed E-state index contributed by atoms with van der Waals surface area (Å²) < 4.78 is 15.4. The van der Waals surface area contributed by atoms with Gasteiger partial charge in [-0.05, 0) is 60.2 Å². The number of Topliss-reactive ketones (excluding diaryl/α,β-unsaturated/α-hetero) is 1. The lowest BCUT2D eigenvalue weighted by Crippen LogP contribution is -2.29. The van der Waals surface area contributed by atoms with Gasteiger partial charge in [0.1, 0.15) is 5.76 Å². The van der Waals surface area contributed by atoms with Crippen LogP contribution in [0.5, 0.6) is 11.5 Å². The van der Waals surface area contributed by atoms with E-state index in [2.05, 4.69) is 0 Å².